The fraction of sp³-hybridized carbons (Fsp3) is 0.280. The zero-order chi connectivity index (χ0) is 26.7. The molecule has 1 amide bonds. The van der Waals surface area contributed by atoms with Gasteiger partial charge in [0.2, 0.25) is 5.88 Å². The van der Waals surface area contributed by atoms with Gasteiger partial charge in [-0.2, -0.15) is 13.2 Å². The molecule has 7 nitrogen and oxygen atoms in total. The molecule has 0 unspecified atom stereocenters. The number of nitrogens with zero attached hydrogens (tertiary/aromatic N) is 2. The molecule has 0 aliphatic heterocycles. The quantitative estimate of drug-likeness (QED) is 0.244. The molecule has 1 aromatic heterocycles. The monoisotopic (exact) mass is 553 g/mol. The third-order valence-electron chi connectivity index (χ3n) is 6.06. The van der Waals surface area contributed by atoms with Crippen molar-refractivity contribution in [1.29, 1.82) is 0 Å². The summed E-state index contributed by atoms with van der Waals surface area (Å²) in [5.41, 5.74) is -0.194. The third-order valence-corrected chi connectivity index (χ3v) is 6.66. The fourth-order valence-electron chi connectivity index (χ4n) is 4.21. The van der Waals surface area contributed by atoms with Crippen LogP contribution in [-0.4, -0.2) is 15.8 Å². The number of benzene rings is 2. The number of nitro benzene ring substituents is 1. The molecule has 194 valence electrons. The summed E-state index contributed by atoms with van der Waals surface area (Å²) in [6, 6.07) is 9.16. The number of nitro groups is 1. The number of alkyl halides is 3. The summed E-state index contributed by atoms with van der Waals surface area (Å²) in [6.45, 7) is 0. The number of carbonyl (C=O) groups is 1. The van der Waals surface area contributed by atoms with E-state index in [-0.39, 0.29) is 33.1 Å². The van der Waals surface area contributed by atoms with E-state index in [1.165, 1.54) is 12.1 Å². The van der Waals surface area contributed by atoms with E-state index in [9.17, 15) is 28.1 Å². The van der Waals surface area contributed by atoms with E-state index in [4.69, 9.17) is 27.9 Å². The fourth-order valence-corrected chi connectivity index (χ4v) is 4.62. The number of amides is 1. The van der Waals surface area contributed by atoms with Gasteiger partial charge in [-0.3, -0.25) is 14.9 Å². The van der Waals surface area contributed by atoms with Crippen molar-refractivity contribution < 1.29 is 27.6 Å². The lowest BCUT2D eigenvalue weighted by Gasteiger charge is -2.25. The molecular formula is C25H20Cl2F3N3O4. The van der Waals surface area contributed by atoms with E-state index < -0.39 is 22.6 Å². The molecule has 0 spiro atoms. The topological polar surface area (TPSA) is 94.4 Å². The van der Waals surface area contributed by atoms with Crippen LogP contribution in [-0.2, 0) is 6.18 Å². The first-order valence-electron chi connectivity index (χ1n) is 11.3. The van der Waals surface area contributed by atoms with E-state index in [0.717, 1.165) is 49.8 Å². The van der Waals surface area contributed by atoms with Crippen molar-refractivity contribution in [3.8, 4) is 11.6 Å². The molecule has 1 N–H and O–H groups in total. The van der Waals surface area contributed by atoms with Gasteiger partial charge in [0.25, 0.3) is 11.6 Å². The third kappa shape index (κ3) is 6.31. The van der Waals surface area contributed by atoms with Crippen LogP contribution in [0.25, 0.3) is 0 Å². The highest BCUT2D eigenvalue weighted by Gasteiger charge is 2.32. The number of anilines is 1. The Morgan fingerprint density at radius 3 is 2.43 bits per heavy atom. The summed E-state index contributed by atoms with van der Waals surface area (Å²) >= 11 is 12.1. The van der Waals surface area contributed by atoms with Crippen LogP contribution in [0, 0.1) is 10.1 Å². The van der Waals surface area contributed by atoms with Crippen LogP contribution in [0.5, 0.6) is 11.6 Å². The number of hydrogen-bond donors (Lipinski definition) is 1. The first kappa shape index (κ1) is 26.7. The molecule has 4 rings (SSSR count). The summed E-state index contributed by atoms with van der Waals surface area (Å²) in [6.07, 6.45) is 0.841. The highest BCUT2D eigenvalue weighted by molar-refractivity contribution is 6.34. The lowest BCUT2D eigenvalue weighted by Crippen LogP contribution is -2.14. The Kier molecular flexibility index (Phi) is 7.89. The van der Waals surface area contributed by atoms with Crippen molar-refractivity contribution in [3.05, 3.63) is 85.5 Å². The van der Waals surface area contributed by atoms with Crippen LogP contribution in [0.15, 0.2) is 48.7 Å². The number of pyridine rings is 1. The molecule has 3 aromatic rings. The number of nitrogens with one attached hydrogen (secondary N) is 1. The van der Waals surface area contributed by atoms with Gasteiger partial charge in [0.1, 0.15) is 10.8 Å². The molecule has 12 heteroatoms. The molecule has 1 fully saturated rings. The molecule has 1 heterocycles. The van der Waals surface area contributed by atoms with E-state index in [1.54, 1.807) is 18.2 Å². The molecule has 0 bridgehead atoms. The first-order chi connectivity index (χ1) is 17.5. The van der Waals surface area contributed by atoms with Crippen molar-refractivity contribution in [2.24, 2.45) is 0 Å². The maximum absolute atomic E-state index is 13.0. The van der Waals surface area contributed by atoms with Crippen LogP contribution in [0.1, 0.15) is 59.5 Å². The molecule has 2 aromatic carbocycles. The Hall–Kier alpha value is -3.37. The number of hydrogen-bond acceptors (Lipinski definition) is 5. The molecule has 1 saturated carbocycles. The number of carbonyl (C=O) groups excluding carboxylic acids is 1. The smallest absolute Gasteiger partial charge is 0.417 e. The van der Waals surface area contributed by atoms with Gasteiger partial charge in [0.15, 0.2) is 0 Å². The maximum Gasteiger partial charge on any atom is 0.417 e. The molecule has 1 aliphatic carbocycles. The van der Waals surface area contributed by atoms with Gasteiger partial charge in [-0.15, -0.1) is 0 Å². The van der Waals surface area contributed by atoms with Gasteiger partial charge in [0, 0.05) is 24.0 Å². The van der Waals surface area contributed by atoms with Crippen molar-refractivity contribution in [2.75, 3.05) is 5.32 Å². The van der Waals surface area contributed by atoms with E-state index in [2.05, 4.69) is 10.3 Å². The number of ether oxygens (including phenoxy) is 1. The zero-order valence-electron chi connectivity index (χ0n) is 19.1. The predicted octanol–water partition coefficient (Wildman–Crippen LogP) is 8.41. The van der Waals surface area contributed by atoms with Crippen LogP contribution < -0.4 is 10.1 Å². The van der Waals surface area contributed by atoms with E-state index in [0.29, 0.717) is 17.6 Å². The van der Waals surface area contributed by atoms with Crippen molar-refractivity contribution in [3.63, 3.8) is 0 Å². The van der Waals surface area contributed by atoms with Crippen LogP contribution in [0.4, 0.5) is 24.5 Å². The minimum Gasteiger partial charge on any atom is -0.437 e. The average molecular weight is 554 g/mol. The minimum absolute atomic E-state index is 0.0542. The molecule has 0 radical (unpaired) electrons. The normalized spacial score (nSPS) is 14.3. The second-order valence-electron chi connectivity index (χ2n) is 8.57. The summed E-state index contributed by atoms with van der Waals surface area (Å²) < 4.78 is 44.8. The Labute approximate surface area is 219 Å². The van der Waals surface area contributed by atoms with Crippen molar-refractivity contribution in [2.45, 2.75) is 44.2 Å². The lowest BCUT2D eigenvalue weighted by atomic mass is 9.83. The van der Waals surface area contributed by atoms with Crippen LogP contribution in [0.2, 0.25) is 10.0 Å². The summed E-state index contributed by atoms with van der Waals surface area (Å²) in [4.78, 5) is 27.1. The Morgan fingerprint density at radius 2 is 1.78 bits per heavy atom. The largest absolute Gasteiger partial charge is 0.437 e. The summed E-state index contributed by atoms with van der Waals surface area (Å²) in [5.74, 6) is -0.376. The van der Waals surface area contributed by atoms with Crippen LogP contribution in [0.3, 0.4) is 0 Å². The summed E-state index contributed by atoms with van der Waals surface area (Å²) in [5, 5.41) is 13.6. The first-order valence-corrected chi connectivity index (χ1v) is 12.1. The van der Waals surface area contributed by atoms with Gasteiger partial charge in [0.05, 0.1) is 21.1 Å². The second kappa shape index (κ2) is 10.9. The molecule has 1 aliphatic rings. The van der Waals surface area contributed by atoms with Gasteiger partial charge in [-0.25, -0.2) is 4.98 Å². The van der Waals surface area contributed by atoms with Gasteiger partial charge in [-0.1, -0.05) is 42.5 Å². The zero-order valence-corrected chi connectivity index (χ0v) is 20.7. The number of rotatable bonds is 6. The molecule has 37 heavy (non-hydrogen) atoms. The Bertz CT molecular complexity index is 1350. The van der Waals surface area contributed by atoms with E-state index >= 15 is 0 Å². The second-order valence-corrected chi connectivity index (χ2v) is 9.39. The van der Waals surface area contributed by atoms with E-state index in [1.807, 2.05) is 0 Å². The molecule has 0 saturated heterocycles. The number of non-ortho nitro benzene ring substituents is 1. The SMILES string of the molecule is O=C(Nc1ccc(Oc2ncc(C(F)(F)F)cc2Cl)c(C2CCCCC2)c1)c1cc([N+](=O)[O-])ccc1Cl. The standard InChI is InChI=1S/C25H20Cl2F3N3O4/c26-20-8-7-17(33(35)36)12-19(20)23(34)32-16-6-9-22(18(11-16)14-4-2-1-3-5-14)37-24-21(27)10-15(13-31-24)25(28,29)30/h6-14H,1-5H2,(H,32,34). The van der Waals surface area contributed by atoms with Gasteiger partial charge < -0.3 is 10.1 Å². The maximum atomic E-state index is 13.0. The Morgan fingerprint density at radius 1 is 1.05 bits per heavy atom. The Balaban J connectivity index is 1.64. The van der Waals surface area contributed by atoms with Gasteiger partial charge >= 0.3 is 6.18 Å². The molecular weight excluding hydrogens is 534 g/mol. The predicted molar refractivity (Wildman–Crippen MR) is 133 cm³/mol. The number of halogens is 5. The minimum atomic E-state index is -4.59. The van der Waals surface area contributed by atoms with Crippen molar-refractivity contribution >= 4 is 40.5 Å². The van der Waals surface area contributed by atoms with Gasteiger partial charge in [-0.05, 0) is 54.7 Å². The average Bonchev–Trinajstić information content (AvgIpc) is 2.86. The van der Waals surface area contributed by atoms with Crippen molar-refractivity contribution in [1.82, 2.24) is 4.98 Å². The summed E-state index contributed by atoms with van der Waals surface area (Å²) in [7, 11) is 0. The number of aromatic nitrogens is 1. The lowest BCUT2D eigenvalue weighted by molar-refractivity contribution is -0.384. The highest BCUT2D eigenvalue weighted by Crippen LogP contribution is 2.42. The highest BCUT2D eigenvalue weighted by atomic mass is 35.5. The van der Waals surface area contributed by atoms with Crippen LogP contribution >= 0.6 is 23.2 Å². The molecule has 0 atom stereocenters.